The molecule has 26 heavy (non-hydrogen) atoms. The van der Waals surface area contributed by atoms with Crippen LogP contribution in [-0.2, 0) is 9.53 Å². The van der Waals surface area contributed by atoms with E-state index < -0.39 is 17.3 Å². The van der Waals surface area contributed by atoms with Gasteiger partial charge in [0.1, 0.15) is 0 Å². The minimum absolute atomic E-state index is 0. The van der Waals surface area contributed by atoms with Crippen LogP contribution in [0.4, 0.5) is 5.69 Å². The van der Waals surface area contributed by atoms with Crippen LogP contribution in [0.2, 0.25) is 0 Å². The minimum atomic E-state index is -1.73. The number of carbonyl (C=O) groups excluding carboxylic acids is 2. The number of esters is 1. The molecule has 2 aromatic rings. The lowest BCUT2D eigenvalue weighted by molar-refractivity contribution is -0.145. The Hall–Kier alpha value is -2.37. The largest absolute Gasteiger partial charge is 0.467 e. The number of anilines is 1. The molecule has 0 aliphatic heterocycles. The number of nitrogens with two attached hydrogens (primary N) is 2. The number of nitrogen functional groups attached to an aromatic ring is 1. The molecular weight excluding hydrogens is 352 g/mol. The summed E-state index contributed by atoms with van der Waals surface area (Å²) in [4.78, 5) is 25.5. The van der Waals surface area contributed by atoms with Crippen molar-refractivity contribution in [2.24, 2.45) is 11.7 Å². The molecule has 0 radical (unpaired) electrons. The van der Waals surface area contributed by atoms with Crippen LogP contribution in [0.1, 0.15) is 30.6 Å². The highest BCUT2D eigenvalue weighted by atomic mass is 35.5. The molecule has 0 amide bonds. The zero-order valence-corrected chi connectivity index (χ0v) is 16.0. The van der Waals surface area contributed by atoms with E-state index >= 15 is 0 Å². The second-order valence-electron chi connectivity index (χ2n) is 6.56. The van der Waals surface area contributed by atoms with Crippen molar-refractivity contribution >= 4 is 29.8 Å². The highest BCUT2D eigenvalue weighted by Gasteiger charge is 2.44. The van der Waals surface area contributed by atoms with Crippen LogP contribution in [0.3, 0.4) is 0 Å². The fourth-order valence-corrected chi connectivity index (χ4v) is 2.95. The Labute approximate surface area is 160 Å². The molecular formula is C20H25ClN2O3. The smallest absolute Gasteiger partial charge is 0.334 e. The third-order valence-corrected chi connectivity index (χ3v) is 4.06. The average molecular weight is 377 g/mol. The molecule has 0 aromatic heterocycles. The van der Waals surface area contributed by atoms with Crippen molar-refractivity contribution in [3.63, 3.8) is 0 Å². The van der Waals surface area contributed by atoms with Gasteiger partial charge in [0.15, 0.2) is 11.3 Å². The van der Waals surface area contributed by atoms with Gasteiger partial charge in [0.05, 0.1) is 7.11 Å². The first kappa shape index (κ1) is 21.7. The van der Waals surface area contributed by atoms with Gasteiger partial charge >= 0.3 is 5.97 Å². The Morgan fingerprint density at radius 2 is 1.73 bits per heavy atom. The number of halogens is 1. The van der Waals surface area contributed by atoms with E-state index in [1.165, 1.54) is 7.11 Å². The first-order valence-corrected chi connectivity index (χ1v) is 8.16. The fraction of sp³-hybridized carbons (Fsp3) is 0.300. The normalized spacial score (nSPS) is 12.8. The first-order valence-electron chi connectivity index (χ1n) is 8.16. The van der Waals surface area contributed by atoms with Gasteiger partial charge in [0.2, 0.25) is 0 Å². The number of ether oxygens (including phenoxy) is 1. The number of Topliss-reactive ketones (excluding diaryl/α,β-unsaturated/α-hetero) is 1. The molecule has 1 atom stereocenters. The molecule has 0 bridgehead atoms. The number of hydrogen-bond acceptors (Lipinski definition) is 5. The quantitative estimate of drug-likeness (QED) is 0.348. The van der Waals surface area contributed by atoms with Gasteiger partial charge in [-0.1, -0.05) is 44.2 Å². The molecule has 1 unspecified atom stereocenters. The van der Waals surface area contributed by atoms with Crippen LogP contribution < -0.4 is 11.5 Å². The molecule has 0 saturated heterocycles. The maximum absolute atomic E-state index is 13.2. The summed E-state index contributed by atoms with van der Waals surface area (Å²) in [6.45, 7) is 3.80. The van der Waals surface area contributed by atoms with Crippen molar-refractivity contribution in [1.82, 2.24) is 0 Å². The van der Waals surface area contributed by atoms with E-state index in [9.17, 15) is 9.59 Å². The van der Waals surface area contributed by atoms with E-state index in [4.69, 9.17) is 16.2 Å². The number of hydrogen-bond donors (Lipinski definition) is 2. The summed E-state index contributed by atoms with van der Waals surface area (Å²) in [6.07, 6.45) is 0.192. The van der Waals surface area contributed by atoms with Gasteiger partial charge in [-0.05, 0) is 41.7 Å². The average Bonchev–Trinajstić information content (AvgIpc) is 2.60. The minimum Gasteiger partial charge on any atom is -0.467 e. The Kier molecular flexibility index (Phi) is 7.36. The summed E-state index contributed by atoms with van der Waals surface area (Å²) < 4.78 is 4.82. The van der Waals surface area contributed by atoms with Gasteiger partial charge in [-0.2, -0.15) is 0 Å². The van der Waals surface area contributed by atoms with Crippen LogP contribution in [-0.4, -0.2) is 24.4 Å². The lowest BCUT2D eigenvalue weighted by Crippen LogP contribution is -2.56. The van der Waals surface area contributed by atoms with Crippen molar-refractivity contribution in [3.8, 4) is 11.1 Å². The molecule has 0 aliphatic rings. The maximum atomic E-state index is 13.2. The zero-order chi connectivity index (χ0) is 18.6. The second-order valence-corrected chi connectivity index (χ2v) is 6.56. The summed E-state index contributed by atoms with van der Waals surface area (Å²) in [7, 11) is 1.23. The Morgan fingerprint density at radius 3 is 2.27 bits per heavy atom. The highest BCUT2D eigenvalue weighted by Crippen LogP contribution is 2.30. The highest BCUT2D eigenvalue weighted by molar-refractivity contribution is 6.18. The molecule has 5 nitrogen and oxygen atoms in total. The van der Waals surface area contributed by atoms with Gasteiger partial charge in [-0.3, -0.25) is 4.79 Å². The Balaban J connectivity index is 0.00000338. The predicted octanol–water partition coefficient (Wildman–Crippen LogP) is 3.46. The number of ketones is 1. The van der Waals surface area contributed by atoms with E-state index in [0.29, 0.717) is 16.8 Å². The lowest BCUT2D eigenvalue weighted by atomic mass is 9.80. The van der Waals surface area contributed by atoms with Gasteiger partial charge < -0.3 is 16.2 Å². The standard InChI is InChI=1S/C20H24N2O3.ClH/c1-13(2)12-20(22,19(24)25-3)18(23)16-10-9-15(21)11-17(16)14-7-5-4-6-8-14;/h4-11,13H,12,21-22H2,1-3H3;1H. The maximum Gasteiger partial charge on any atom is 0.334 e. The summed E-state index contributed by atoms with van der Waals surface area (Å²) >= 11 is 0. The Morgan fingerprint density at radius 1 is 1.12 bits per heavy atom. The van der Waals surface area contributed by atoms with Crippen molar-refractivity contribution in [1.29, 1.82) is 0 Å². The van der Waals surface area contributed by atoms with E-state index in [1.54, 1.807) is 18.2 Å². The van der Waals surface area contributed by atoms with E-state index in [2.05, 4.69) is 0 Å². The lowest BCUT2D eigenvalue weighted by Gasteiger charge is -2.27. The SMILES string of the molecule is COC(=O)C(N)(CC(C)C)C(=O)c1ccc(N)cc1-c1ccccc1.Cl. The Bertz CT molecular complexity index is 778. The summed E-state index contributed by atoms with van der Waals surface area (Å²) in [6, 6.07) is 14.4. The molecule has 2 rings (SSSR count). The topological polar surface area (TPSA) is 95.4 Å². The van der Waals surface area contributed by atoms with Gasteiger partial charge in [0, 0.05) is 11.3 Å². The molecule has 140 valence electrons. The molecule has 4 N–H and O–H groups in total. The van der Waals surface area contributed by atoms with E-state index in [1.807, 2.05) is 44.2 Å². The van der Waals surface area contributed by atoms with Crippen molar-refractivity contribution in [2.75, 3.05) is 12.8 Å². The van der Waals surface area contributed by atoms with Gasteiger partial charge in [0.25, 0.3) is 0 Å². The summed E-state index contributed by atoms with van der Waals surface area (Å²) in [5, 5.41) is 0. The summed E-state index contributed by atoms with van der Waals surface area (Å²) in [5.74, 6) is -1.16. The molecule has 0 saturated carbocycles. The number of benzene rings is 2. The van der Waals surface area contributed by atoms with Gasteiger partial charge in [-0.15, -0.1) is 12.4 Å². The van der Waals surface area contributed by atoms with E-state index in [-0.39, 0.29) is 24.7 Å². The van der Waals surface area contributed by atoms with Crippen LogP contribution in [0.5, 0.6) is 0 Å². The second kappa shape index (κ2) is 8.83. The fourth-order valence-electron chi connectivity index (χ4n) is 2.95. The molecule has 0 fully saturated rings. The number of carbonyl (C=O) groups is 2. The summed E-state index contributed by atoms with van der Waals surface area (Å²) in [5.41, 5.74) is 12.8. The third-order valence-electron chi connectivity index (χ3n) is 4.06. The monoisotopic (exact) mass is 376 g/mol. The van der Waals surface area contributed by atoms with Crippen molar-refractivity contribution < 1.29 is 14.3 Å². The van der Waals surface area contributed by atoms with Crippen LogP contribution in [0.15, 0.2) is 48.5 Å². The molecule has 0 heterocycles. The van der Waals surface area contributed by atoms with Crippen LogP contribution in [0, 0.1) is 5.92 Å². The predicted molar refractivity (Wildman–Crippen MR) is 106 cm³/mol. The number of rotatable bonds is 6. The molecule has 0 aliphatic carbocycles. The van der Waals surface area contributed by atoms with Crippen molar-refractivity contribution in [3.05, 3.63) is 54.1 Å². The van der Waals surface area contributed by atoms with Crippen molar-refractivity contribution in [2.45, 2.75) is 25.8 Å². The zero-order valence-electron chi connectivity index (χ0n) is 15.2. The third kappa shape index (κ3) is 4.42. The molecule has 2 aromatic carbocycles. The van der Waals surface area contributed by atoms with Crippen LogP contribution >= 0.6 is 12.4 Å². The molecule has 0 spiro atoms. The number of methoxy groups -OCH3 is 1. The molecule has 6 heteroatoms. The first-order chi connectivity index (χ1) is 11.8. The van der Waals surface area contributed by atoms with Gasteiger partial charge in [-0.25, -0.2) is 4.79 Å². The van der Waals surface area contributed by atoms with Crippen LogP contribution in [0.25, 0.3) is 11.1 Å². The van der Waals surface area contributed by atoms with E-state index in [0.717, 1.165) is 5.56 Å².